The third-order valence-corrected chi connectivity index (χ3v) is 2.22. The van der Waals surface area contributed by atoms with E-state index in [4.69, 9.17) is 5.11 Å². The molecule has 4 heteroatoms. The molecule has 0 aromatic heterocycles. The molecule has 0 bridgehead atoms. The Labute approximate surface area is 86.5 Å². The van der Waals surface area contributed by atoms with Gasteiger partial charge >= 0.3 is 5.97 Å². The average molecular weight is 214 g/mol. The molecular weight excluding hydrogens is 202 g/mol. The van der Waals surface area contributed by atoms with Gasteiger partial charge in [-0.1, -0.05) is 0 Å². The summed E-state index contributed by atoms with van der Waals surface area (Å²) in [5.74, 6) is -2.63. The lowest BCUT2D eigenvalue weighted by atomic mass is 10.0. The van der Waals surface area contributed by atoms with Crippen molar-refractivity contribution in [2.24, 2.45) is 0 Å². The van der Waals surface area contributed by atoms with Gasteiger partial charge in [-0.2, -0.15) is 0 Å². The van der Waals surface area contributed by atoms with E-state index >= 15 is 0 Å². The number of aliphatic carboxylic acids is 1. The van der Waals surface area contributed by atoms with Gasteiger partial charge in [0.2, 0.25) is 0 Å². The van der Waals surface area contributed by atoms with Gasteiger partial charge < -0.3 is 5.11 Å². The van der Waals surface area contributed by atoms with Gasteiger partial charge in [0.25, 0.3) is 0 Å². The van der Waals surface area contributed by atoms with E-state index in [1.807, 2.05) is 0 Å². The van der Waals surface area contributed by atoms with E-state index < -0.39 is 17.6 Å². The van der Waals surface area contributed by atoms with Crippen LogP contribution in [0.2, 0.25) is 0 Å². The van der Waals surface area contributed by atoms with Crippen LogP contribution in [0.1, 0.15) is 24.0 Å². The lowest BCUT2D eigenvalue weighted by Gasteiger charge is -2.05. The van der Waals surface area contributed by atoms with Crippen molar-refractivity contribution in [3.8, 4) is 0 Å². The fourth-order valence-corrected chi connectivity index (χ4v) is 1.39. The maximum absolute atomic E-state index is 12.9. The summed E-state index contributed by atoms with van der Waals surface area (Å²) in [6.07, 6.45) is 0.926. The van der Waals surface area contributed by atoms with Crippen molar-refractivity contribution in [3.05, 3.63) is 34.9 Å². The summed E-state index contributed by atoms with van der Waals surface area (Å²) in [4.78, 5) is 10.3. The normalized spacial score (nSPS) is 10.3. The summed E-state index contributed by atoms with van der Waals surface area (Å²) < 4.78 is 25.6. The first-order chi connectivity index (χ1) is 7.00. The number of benzene rings is 1. The van der Waals surface area contributed by atoms with Crippen LogP contribution in [-0.2, 0) is 11.2 Å². The fourth-order valence-electron chi connectivity index (χ4n) is 1.39. The van der Waals surface area contributed by atoms with Crippen molar-refractivity contribution in [2.75, 3.05) is 0 Å². The first-order valence-electron chi connectivity index (χ1n) is 4.67. The van der Waals surface area contributed by atoms with Crippen LogP contribution in [-0.4, -0.2) is 11.1 Å². The number of rotatable bonds is 4. The minimum atomic E-state index is -0.883. The van der Waals surface area contributed by atoms with Crippen molar-refractivity contribution in [2.45, 2.75) is 26.2 Å². The third-order valence-electron chi connectivity index (χ3n) is 2.22. The number of hydrogen-bond donors (Lipinski definition) is 1. The summed E-state index contributed by atoms with van der Waals surface area (Å²) in [5.41, 5.74) is 1.31. The SMILES string of the molecule is Cc1cc(F)c(F)cc1CCCC(=O)O. The van der Waals surface area contributed by atoms with E-state index in [0.717, 1.165) is 12.1 Å². The molecule has 15 heavy (non-hydrogen) atoms. The minimum Gasteiger partial charge on any atom is -0.481 e. The summed E-state index contributed by atoms with van der Waals surface area (Å²) in [5, 5.41) is 8.43. The molecule has 0 amide bonds. The lowest BCUT2D eigenvalue weighted by molar-refractivity contribution is -0.137. The van der Waals surface area contributed by atoms with Gasteiger partial charge in [0, 0.05) is 6.42 Å². The summed E-state index contributed by atoms with van der Waals surface area (Å²) >= 11 is 0. The molecule has 0 unspecified atom stereocenters. The molecule has 1 aromatic rings. The molecule has 82 valence electrons. The smallest absolute Gasteiger partial charge is 0.303 e. The summed E-state index contributed by atoms with van der Waals surface area (Å²) in [6.45, 7) is 1.68. The van der Waals surface area contributed by atoms with Crippen LogP contribution in [0.25, 0.3) is 0 Å². The van der Waals surface area contributed by atoms with Crippen molar-refractivity contribution in [3.63, 3.8) is 0 Å². The molecule has 0 radical (unpaired) electrons. The quantitative estimate of drug-likeness (QED) is 0.836. The minimum absolute atomic E-state index is 0.0401. The first kappa shape index (κ1) is 11.6. The Morgan fingerprint density at radius 1 is 1.33 bits per heavy atom. The summed E-state index contributed by atoms with van der Waals surface area (Å²) in [7, 11) is 0. The fraction of sp³-hybridized carbons (Fsp3) is 0.364. The standard InChI is InChI=1S/C11H12F2O2/c1-7-5-9(12)10(13)6-8(7)3-2-4-11(14)15/h5-6H,2-4H2,1H3,(H,14,15). The highest BCUT2D eigenvalue weighted by Crippen LogP contribution is 2.16. The number of hydrogen-bond acceptors (Lipinski definition) is 1. The molecule has 0 saturated carbocycles. The summed E-state index contributed by atoms with van der Waals surface area (Å²) in [6, 6.07) is 2.26. The second-order valence-corrected chi connectivity index (χ2v) is 3.44. The number of aryl methyl sites for hydroxylation is 2. The zero-order valence-electron chi connectivity index (χ0n) is 8.39. The number of carboxylic acid groups (broad SMARTS) is 1. The van der Waals surface area contributed by atoms with Crippen LogP contribution in [0.15, 0.2) is 12.1 Å². The van der Waals surface area contributed by atoms with Gasteiger partial charge in [-0.3, -0.25) is 4.79 Å². The van der Waals surface area contributed by atoms with E-state index in [1.54, 1.807) is 6.92 Å². The van der Waals surface area contributed by atoms with E-state index in [-0.39, 0.29) is 6.42 Å². The molecule has 0 aliphatic carbocycles. The Kier molecular flexibility index (Phi) is 3.77. The van der Waals surface area contributed by atoms with E-state index in [0.29, 0.717) is 24.0 Å². The predicted molar refractivity (Wildman–Crippen MR) is 51.7 cm³/mol. The van der Waals surface area contributed by atoms with Crippen LogP contribution >= 0.6 is 0 Å². The Bertz CT molecular complexity index is 375. The monoisotopic (exact) mass is 214 g/mol. The van der Waals surface area contributed by atoms with Crippen molar-refractivity contribution >= 4 is 5.97 Å². The Morgan fingerprint density at radius 3 is 2.53 bits per heavy atom. The first-order valence-corrected chi connectivity index (χ1v) is 4.67. The Balaban J connectivity index is 2.69. The maximum atomic E-state index is 12.9. The number of carboxylic acids is 1. The molecule has 1 N–H and O–H groups in total. The molecule has 0 fully saturated rings. The molecule has 0 atom stereocenters. The topological polar surface area (TPSA) is 37.3 Å². The number of carbonyl (C=O) groups is 1. The number of halogens is 2. The highest BCUT2D eigenvalue weighted by atomic mass is 19.2. The van der Waals surface area contributed by atoms with Crippen LogP contribution in [0.3, 0.4) is 0 Å². The molecule has 0 heterocycles. The van der Waals surface area contributed by atoms with Crippen molar-refractivity contribution in [1.29, 1.82) is 0 Å². The van der Waals surface area contributed by atoms with E-state index in [1.165, 1.54) is 0 Å². The van der Waals surface area contributed by atoms with E-state index in [9.17, 15) is 13.6 Å². The average Bonchev–Trinajstić information content (AvgIpc) is 2.13. The second kappa shape index (κ2) is 4.87. The third kappa shape index (κ3) is 3.31. The van der Waals surface area contributed by atoms with Crippen molar-refractivity contribution in [1.82, 2.24) is 0 Å². The van der Waals surface area contributed by atoms with E-state index in [2.05, 4.69) is 0 Å². The van der Waals surface area contributed by atoms with Gasteiger partial charge in [0.1, 0.15) is 0 Å². The van der Waals surface area contributed by atoms with Gasteiger partial charge in [0.05, 0.1) is 0 Å². The van der Waals surface area contributed by atoms with Crippen LogP contribution in [0.5, 0.6) is 0 Å². The van der Waals surface area contributed by atoms with Crippen LogP contribution < -0.4 is 0 Å². The highest BCUT2D eigenvalue weighted by molar-refractivity contribution is 5.66. The molecule has 0 aliphatic heterocycles. The highest BCUT2D eigenvalue weighted by Gasteiger charge is 2.07. The maximum Gasteiger partial charge on any atom is 0.303 e. The van der Waals surface area contributed by atoms with Gasteiger partial charge in [0.15, 0.2) is 11.6 Å². The largest absolute Gasteiger partial charge is 0.481 e. The van der Waals surface area contributed by atoms with Gasteiger partial charge in [-0.25, -0.2) is 8.78 Å². The van der Waals surface area contributed by atoms with Gasteiger partial charge in [-0.05, 0) is 43.0 Å². The Morgan fingerprint density at radius 2 is 1.93 bits per heavy atom. The zero-order chi connectivity index (χ0) is 11.4. The molecule has 1 rings (SSSR count). The van der Waals surface area contributed by atoms with Crippen molar-refractivity contribution < 1.29 is 18.7 Å². The Hall–Kier alpha value is -1.45. The molecule has 0 spiro atoms. The lowest BCUT2D eigenvalue weighted by Crippen LogP contribution is -1.98. The second-order valence-electron chi connectivity index (χ2n) is 3.44. The van der Waals surface area contributed by atoms with Crippen LogP contribution in [0, 0.1) is 18.6 Å². The predicted octanol–water partition coefficient (Wildman–Crippen LogP) is 2.68. The molecule has 0 saturated heterocycles. The molecule has 1 aromatic carbocycles. The molecule has 2 nitrogen and oxygen atoms in total. The molecule has 0 aliphatic rings. The zero-order valence-corrected chi connectivity index (χ0v) is 8.39. The molecular formula is C11H12F2O2. The van der Waals surface area contributed by atoms with Gasteiger partial charge in [-0.15, -0.1) is 0 Å². The van der Waals surface area contributed by atoms with Crippen LogP contribution in [0.4, 0.5) is 8.78 Å².